The van der Waals surface area contributed by atoms with Crippen LogP contribution in [-0.2, 0) is 4.74 Å². The molecule has 2 aromatic carbocycles. The zero-order valence-electron chi connectivity index (χ0n) is 15.0. The minimum absolute atomic E-state index is 0.00722. The molecule has 0 amide bonds. The molecule has 4 rings (SSSR count). The second-order valence-corrected chi connectivity index (χ2v) is 6.65. The number of aromatic carboxylic acids is 1. The number of halogens is 2. The van der Waals surface area contributed by atoms with Crippen LogP contribution in [0.2, 0.25) is 0 Å². The number of fused-ring (bicyclic) bond motifs is 1. The van der Waals surface area contributed by atoms with Crippen LogP contribution >= 0.6 is 0 Å². The molecule has 1 aliphatic heterocycles. The second kappa shape index (κ2) is 7.12. The average Bonchev–Trinajstić information content (AvgIpc) is 2.69. The minimum Gasteiger partial charge on any atom is -0.478 e. The van der Waals surface area contributed by atoms with Crippen molar-refractivity contribution in [3.63, 3.8) is 0 Å². The predicted molar refractivity (Wildman–Crippen MR) is 99.5 cm³/mol. The van der Waals surface area contributed by atoms with Crippen LogP contribution in [-0.4, -0.2) is 46.8 Å². The Morgan fingerprint density at radius 2 is 1.96 bits per heavy atom. The van der Waals surface area contributed by atoms with Gasteiger partial charge in [-0.05, 0) is 43.3 Å². The number of carbonyl (C=O) groups is 1. The third-order valence-corrected chi connectivity index (χ3v) is 4.73. The zero-order valence-corrected chi connectivity index (χ0v) is 15.0. The van der Waals surface area contributed by atoms with E-state index in [9.17, 15) is 18.7 Å². The highest BCUT2D eigenvalue weighted by molar-refractivity contribution is 5.93. The summed E-state index contributed by atoms with van der Waals surface area (Å²) in [5, 5.41) is 9.24. The first-order chi connectivity index (χ1) is 13.4. The van der Waals surface area contributed by atoms with Gasteiger partial charge in [0.15, 0.2) is 17.5 Å². The van der Waals surface area contributed by atoms with E-state index in [1.54, 1.807) is 6.07 Å². The van der Waals surface area contributed by atoms with Crippen molar-refractivity contribution in [3.05, 3.63) is 53.6 Å². The van der Waals surface area contributed by atoms with E-state index >= 15 is 0 Å². The lowest BCUT2D eigenvalue weighted by Gasteiger charge is -2.35. The van der Waals surface area contributed by atoms with Gasteiger partial charge >= 0.3 is 5.97 Å². The number of aromatic nitrogens is 2. The van der Waals surface area contributed by atoms with E-state index in [-0.39, 0.29) is 11.6 Å². The molecule has 0 spiro atoms. The minimum atomic E-state index is -1.06. The summed E-state index contributed by atoms with van der Waals surface area (Å²) in [5.74, 6) is -2.49. The quantitative estimate of drug-likeness (QED) is 0.744. The van der Waals surface area contributed by atoms with Gasteiger partial charge < -0.3 is 14.7 Å². The topological polar surface area (TPSA) is 75.5 Å². The number of nitrogens with zero attached hydrogens (tertiary/aromatic N) is 3. The summed E-state index contributed by atoms with van der Waals surface area (Å²) < 4.78 is 32.7. The molecule has 0 bridgehead atoms. The smallest absolute Gasteiger partial charge is 0.335 e. The van der Waals surface area contributed by atoms with E-state index in [4.69, 9.17) is 4.74 Å². The lowest BCUT2D eigenvalue weighted by molar-refractivity contribution is 0.0697. The Balaban J connectivity index is 1.94. The van der Waals surface area contributed by atoms with Gasteiger partial charge in [-0.1, -0.05) is 0 Å². The molecule has 0 aliphatic carbocycles. The van der Waals surface area contributed by atoms with Crippen molar-refractivity contribution in [2.45, 2.75) is 13.0 Å². The molecular weight excluding hydrogens is 368 g/mol. The van der Waals surface area contributed by atoms with E-state index in [0.717, 1.165) is 12.1 Å². The molecule has 1 saturated heterocycles. The normalized spacial score (nSPS) is 17.1. The van der Waals surface area contributed by atoms with Gasteiger partial charge in [-0.3, -0.25) is 0 Å². The predicted octanol–water partition coefficient (Wildman–Crippen LogP) is 3.50. The van der Waals surface area contributed by atoms with Gasteiger partial charge in [0.25, 0.3) is 0 Å². The van der Waals surface area contributed by atoms with Gasteiger partial charge in [0.1, 0.15) is 5.69 Å². The van der Waals surface area contributed by atoms with Crippen LogP contribution in [0.25, 0.3) is 22.3 Å². The number of rotatable bonds is 3. The summed E-state index contributed by atoms with van der Waals surface area (Å²) in [7, 11) is 0. The van der Waals surface area contributed by atoms with Crippen molar-refractivity contribution >= 4 is 22.8 Å². The van der Waals surface area contributed by atoms with Crippen molar-refractivity contribution < 1.29 is 23.4 Å². The molecule has 28 heavy (non-hydrogen) atoms. The fourth-order valence-electron chi connectivity index (χ4n) is 3.26. The highest BCUT2D eigenvalue weighted by Crippen LogP contribution is 2.32. The third-order valence-electron chi connectivity index (χ3n) is 4.73. The molecule has 1 atom stereocenters. The van der Waals surface area contributed by atoms with Gasteiger partial charge in [-0.15, -0.1) is 0 Å². The molecule has 1 aliphatic rings. The van der Waals surface area contributed by atoms with Crippen LogP contribution in [0, 0.1) is 11.6 Å². The van der Waals surface area contributed by atoms with Crippen LogP contribution in [0.4, 0.5) is 14.6 Å². The van der Waals surface area contributed by atoms with Gasteiger partial charge in [-0.2, -0.15) is 0 Å². The van der Waals surface area contributed by atoms with E-state index in [2.05, 4.69) is 9.97 Å². The Morgan fingerprint density at radius 3 is 2.68 bits per heavy atom. The summed E-state index contributed by atoms with van der Waals surface area (Å²) in [6.45, 7) is 3.51. The Morgan fingerprint density at radius 1 is 1.14 bits per heavy atom. The molecule has 0 unspecified atom stereocenters. The van der Waals surface area contributed by atoms with E-state index in [0.29, 0.717) is 47.9 Å². The lowest BCUT2D eigenvalue weighted by atomic mass is 10.1. The van der Waals surface area contributed by atoms with Crippen molar-refractivity contribution in [1.82, 2.24) is 9.97 Å². The first kappa shape index (κ1) is 18.2. The molecular formula is C20H17F2N3O3. The van der Waals surface area contributed by atoms with Crippen molar-refractivity contribution in [1.29, 1.82) is 0 Å². The molecule has 3 aromatic rings. The standard InChI is InChI=1S/C20H17F2N3O3/c1-11-10-28-7-6-25(11)19-18(12-2-4-14(21)15(22)8-12)23-16-5-3-13(20(26)27)9-17(16)24-19/h2-5,8-9,11H,6-7,10H2,1H3,(H,26,27)/t11-/m0/s1. The van der Waals surface area contributed by atoms with Crippen LogP contribution in [0.1, 0.15) is 17.3 Å². The fourth-order valence-corrected chi connectivity index (χ4v) is 3.26. The number of benzene rings is 2. The van der Waals surface area contributed by atoms with Crippen molar-refractivity contribution in [2.24, 2.45) is 0 Å². The summed E-state index contributed by atoms with van der Waals surface area (Å²) in [4.78, 5) is 22.5. The number of hydrogen-bond acceptors (Lipinski definition) is 5. The van der Waals surface area contributed by atoms with Crippen molar-refractivity contribution in [3.8, 4) is 11.3 Å². The van der Waals surface area contributed by atoms with Crippen molar-refractivity contribution in [2.75, 3.05) is 24.7 Å². The Hall–Kier alpha value is -3.13. The second-order valence-electron chi connectivity index (χ2n) is 6.65. The molecule has 1 fully saturated rings. The molecule has 0 saturated carbocycles. The highest BCUT2D eigenvalue weighted by Gasteiger charge is 2.25. The van der Waals surface area contributed by atoms with Crippen LogP contribution in [0.5, 0.6) is 0 Å². The monoisotopic (exact) mass is 385 g/mol. The molecule has 1 N–H and O–H groups in total. The maximum atomic E-state index is 13.8. The Kier molecular flexibility index (Phi) is 4.64. The van der Waals surface area contributed by atoms with Crippen LogP contribution in [0.3, 0.4) is 0 Å². The number of morpholine rings is 1. The van der Waals surface area contributed by atoms with Gasteiger partial charge in [-0.25, -0.2) is 23.5 Å². The van der Waals surface area contributed by atoms with Crippen LogP contribution < -0.4 is 4.90 Å². The summed E-state index contributed by atoms with van der Waals surface area (Å²) in [6, 6.07) is 8.03. The summed E-state index contributed by atoms with van der Waals surface area (Å²) in [5.41, 5.74) is 1.78. The van der Waals surface area contributed by atoms with Gasteiger partial charge in [0, 0.05) is 12.1 Å². The number of ether oxygens (including phenoxy) is 1. The maximum Gasteiger partial charge on any atom is 0.335 e. The number of anilines is 1. The highest BCUT2D eigenvalue weighted by atomic mass is 19.2. The summed E-state index contributed by atoms with van der Waals surface area (Å²) >= 11 is 0. The van der Waals surface area contributed by atoms with E-state index in [1.807, 2.05) is 11.8 Å². The first-order valence-corrected chi connectivity index (χ1v) is 8.79. The fraction of sp³-hybridized carbons (Fsp3) is 0.250. The lowest BCUT2D eigenvalue weighted by Crippen LogP contribution is -2.44. The first-order valence-electron chi connectivity index (χ1n) is 8.79. The van der Waals surface area contributed by atoms with E-state index in [1.165, 1.54) is 18.2 Å². The largest absolute Gasteiger partial charge is 0.478 e. The Bertz CT molecular complexity index is 1070. The molecule has 8 heteroatoms. The van der Waals surface area contributed by atoms with Crippen LogP contribution in [0.15, 0.2) is 36.4 Å². The molecule has 1 aromatic heterocycles. The number of carboxylic acids is 1. The summed E-state index contributed by atoms with van der Waals surface area (Å²) in [6.07, 6.45) is 0. The number of hydrogen-bond donors (Lipinski definition) is 1. The third kappa shape index (κ3) is 3.27. The molecule has 0 radical (unpaired) electrons. The maximum absolute atomic E-state index is 13.8. The Labute approximate surface area is 159 Å². The average molecular weight is 385 g/mol. The van der Waals surface area contributed by atoms with Gasteiger partial charge in [0.05, 0.1) is 35.9 Å². The number of carboxylic acid groups (broad SMARTS) is 1. The zero-order chi connectivity index (χ0) is 19.8. The SMILES string of the molecule is C[C@H]1COCCN1c1nc2cc(C(=O)O)ccc2nc1-c1ccc(F)c(F)c1. The van der Waals surface area contributed by atoms with E-state index < -0.39 is 17.6 Å². The molecule has 144 valence electrons. The van der Waals surface area contributed by atoms with Gasteiger partial charge in [0.2, 0.25) is 0 Å². The molecule has 2 heterocycles. The molecule has 6 nitrogen and oxygen atoms in total.